The SMILES string of the molecule is Cc1cc(C(=O)NCC(N)C2CC2)c2c(=O)[nH]n(C)c2n1. The van der Waals surface area contributed by atoms with Gasteiger partial charge in [0.05, 0.1) is 10.9 Å². The van der Waals surface area contributed by atoms with Crippen LogP contribution >= 0.6 is 0 Å². The number of rotatable bonds is 4. The number of fused-ring (bicyclic) bond motifs is 1. The lowest BCUT2D eigenvalue weighted by atomic mass is 10.1. The van der Waals surface area contributed by atoms with Crippen LogP contribution in [-0.2, 0) is 7.05 Å². The lowest BCUT2D eigenvalue weighted by molar-refractivity contribution is 0.0951. The molecular formula is C14H19N5O2. The number of nitrogens with zero attached hydrogens (tertiary/aromatic N) is 2. The standard InChI is InChI=1S/C14H19N5O2/c1-7-5-9(11-12(17-7)19(2)18-14(11)21)13(20)16-6-10(15)8-3-4-8/h5,8,10H,3-4,6,15H2,1-2H3,(H,16,20)(H,18,21). The van der Waals surface area contributed by atoms with Crippen molar-refractivity contribution in [1.29, 1.82) is 0 Å². The highest BCUT2D eigenvalue weighted by molar-refractivity contribution is 6.05. The van der Waals surface area contributed by atoms with Crippen molar-refractivity contribution >= 4 is 16.9 Å². The fraction of sp³-hybridized carbons (Fsp3) is 0.500. The van der Waals surface area contributed by atoms with Crippen molar-refractivity contribution < 1.29 is 4.79 Å². The summed E-state index contributed by atoms with van der Waals surface area (Å²) >= 11 is 0. The molecule has 2 aromatic heterocycles. The number of pyridine rings is 1. The Hall–Kier alpha value is -2.15. The van der Waals surface area contributed by atoms with E-state index in [1.54, 1.807) is 20.0 Å². The topological polar surface area (TPSA) is 106 Å². The number of aromatic amines is 1. The van der Waals surface area contributed by atoms with E-state index in [9.17, 15) is 9.59 Å². The van der Waals surface area contributed by atoms with Crippen LogP contribution in [0.2, 0.25) is 0 Å². The summed E-state index contributed by atoms with van der Waals surface area (Å²) in [6.07, 6.45) is 2.27. The van der Waals surface area contributed by atoms with Crippen LogP contribution in [0.25, 0.3) is 11.0 Å². The van der Waals surface area contributed by atoms with Gasteiger partial charge in [-0.1, -0.05) is 0 Å². The van der Waals surface area contributed by atoms with E-state index < -0.39 is 0 Å². The summed E-state index contributed by atoms with van der Waals surface area (Å²) in [5.41, 5.74) is 7.20. The van der Waals surface area contributed by atoms with E-state index in [0.29, 0.717) is 34.8 Å². The number of carbonyl (C=O) groups excluding carboxylic acids is 1. The first-order valence-electron chi connectivity index (χ1n) is 7.07. The number of hydrogen-bond donors (Lipinski definition) is 3. The second-order valence-corrected chi connectivity index (χ2v) is 5.72. The van der Waals surface area contributed by atoms with Gasteiger partial charge in [0, 0.05) is 25.3 Å². The highest BCUT2D eigenvalue weighted by Gasteiger charge is 2.28. The van der Waals surface area contributed by atoms with E-state index >= 15 is 0 Å². The fourth-order valence-electron chi connectivity index (χ4n) is 2.56. The zero-order valence-electron chi connectivity index (χ0n) is 12.1. The number of nitrogens with one attached hydrogen (secondary N) is 2. The van der Waals surface area contributed by atoms with E-state index in [2.05, 4.69) is 15.4 Å². The molecule has 0 bridgehead atoms. The Morgan fingerprint density at radius 3 is 3.00 bits per heavy atom. The molecule has 1 atom stereocenters. The van der Waals surface area contributed by atoms with Gasteiger partial charge in [-0.2, -0.15) is 0 Å². The van der Waals surface area contributed by atoms with Crippen LogP contribution < -0.4 is 16.6 Å². The minimum atomic E-state index is -0.309. The van der Waals surface area contributed by atoms with Gasteiger partial charge in [-0.3, -0.25) is 19.4 Å². The van der Waals surface area contributed by atoms with Gasteiger partial charge in [0.15, 0.2) is 5.65 Å². The van der Waals surface area contributed by atoms with Crippen molar-refractivity contribution in [3.05, 3.63) is 27.7 Å². The van der Waals surface area contributed by atoms with E-state index in [4.69, 9.17) is 5.73 Å². The van der Waals surface area contributed by atoms with E-state index in [1.807, 2.05) is 0 Å². The Bertz CT molecular complexity index is 757. The number of hydrogen-bond acceptors (Lipinski definition) is 4. The van der Waals surface area contributed by atoms with Gasteiger partial charge in [0.2, 0.25) is 0 Å². The van der Waals surface area contributed by atoms with E-state index in [-0.39, 0.29) is 17.5 Å². The molecule has 112 valence electrons. The third kappa shape index (κ3) is 2.56. The van der Waals surface area contributed by atoms with Crippen LogP contribution in [0, 0.1) is 12.8 Å². The monoisotopic (exact) mass is 289 g/mol. The van der Waals surface area contributed by atoms with E-state index in [0.717, 1.165) is 12.8 Å². The highest BCUT2D eigenvalue weighted by Crippen LogP contribution is 2.31. The van der Waals surface area contributed by atoms with Crippen LogP contribution in [-0.4, -0.2) is 33.3 Å². The number of H-pyrrole nitrogens is 1. The predicted molar refractivity (Wildman–Crippen MR) is 79.1 cm³/mol. The van der Waals surface area contributed by atoms with Gasteiger partial charge in [0.1, 0.15) is 0 Å². The molecule has 0 radical (unpaired) electrons. The molecule has 1 saturated carbocycles. The summed E-state index contributed by atoms with van der Waals surface area (Å²) in [6.45, 7) is 2.22. The molecule has 0 spiro atoms. The average Bonchev–Trinajstić information content (AvgIpc) is 3.23. The summed E-state index contributed by atoms with van der Waals surface area (Å²) in [4.78, 5) is 28.6. The Kier molecular flexibility index (Phi) is 3.29. The van der Waals surface area contributed by atoms with Crippen molar-refractivity contribution in [3.63, 3.8) is 0 Å². The Balaban J connectivity index is 1.91. The number of amides is 1. The maximum Gasteiger partial charge on any atom is 0.274 e. The minimum Gasteiger partial charge on any atom is -0.350 e. The third-order valence-electron chi connectivity index (χ3n) is 3.91. The van der Waals surface area contributed by atoms with Gasteiger partial charge in [-0.25, -0.2) is 4.98 Å². The normalized spacial score (nSPS) is 16.1. The van der Waals surface area contributed by atoms with Crippen LogP contribution in [0.5, 0.6) is 0 Å². The first-order chi connectivity index (χ1) is 9.97. The molecule has 1 amide bonds. The molecule has 1 aliphatic carbocycles. The zero-order valence-corrected chi connectivity index (χ0v) is 12.1. The van der Waals surface area contributed by atoms with Gasteiger partial charge in [0.25, 0.3) is 11.5 Å². The molecule has 1 unspecified atom stereocenters. The van der Waals surface area contributed by atoms with Crippen LogP contribution in [0.3, 0.4) is 0 Å². The van der Waals surface area contributed by atoms with Gasteiger partial charge in [-0.15, -0.1) is 0 Å². The number of aryl methyl sites for hydroxylation is 2. The molecule has 0 aliphatic heterocycles. The summed E-state index contributed by atoms with van der Waals surface area (Å²) in [7, 11) is 1.70. The molecule has 0 aromatic carbocycles. The van der Waals surface area contributed by atoms with Gasteiger partial charge < -0.3 is 11.1 Å². The first kappa shape index (κ1) is 13.8. The maximum atomic E-state index is 12.4. The molecule has 3 rings (SSSR count). The Labute approximate surface area is 121 Å². The summed E-state index contributed by atoms with van der Waals surface area (Å²) in [5, 5.41) is 5.77. The first-order valence-corrected chi connectivity index (χ1v) is 7.07. The average molecular weight is 289 g/mol. The smallest absolute Gasteiger partial charge is 0.274 e. The van der Waals surface area contributed by atoms with E-state index in [1.165, 1.54) is 4.68 Å². The molecule has 2 aromatic rings. The Morgan fingerprint density at radius 1 is 1.62 bits per heavy atom. The largest absolute Gasteiger partial charge is 0.350 e. The summed E-state index contributed by atoms with van der Waals surface area (Å²) in [6, 6.07) is 1.62. The van der Waals surface area contributed by atoms with Crippen LogP contribution in [0.4, 0.5) is 0 Å². The predicted octanol–water partition coefficient (Wildman–Crippen LogP) is 0.0371. The fourth-order valence-corrected chi connectivity index (χ4v) is 2.56. The molecule has 1 aliphatic rings. The van der Waals surface area contributed by atoms with Crippen molar-refractivity contribution in [1.82, 2.24) is 20.1 Å². The quantitative estimate of drug-likeness (QED) is 0.738. The second-order valence-electron chi connectivity index (χ2n) is 5.72. The lowest BCUT2D eigenvalue weighted by Gasteiger charge is -2.12. The molecular weight excluding hydrogens is 270 g/mol. The maximum absolute atomic E-state index is 12.4. The van der Waals surface area contributed by atoms with Gasteiger partial charge >= 0.3 is 0 Å². The third-order valence-corrected chi connectivity index (χ3v) is 3.91. The number of aromatic nitrogens is 3. The van der Waals surface area contributed by atoms with Crippen molar-refractivity contribution in [2.24, 2.45) is 18.7 Å². The molecule has 4 N–H and O–H groups in total. The molecule has 1 fully saturated rings. The minimum absolute atomic E-state index is 0.0126. The molecule has 2 heterocycles. The number of nitrogens with two attached hydrogens (primary N) is 1. The lowest BCUT2D eigenvalue weighted by Crippen LogP contribution is -2.38. The van der Waals surface area contributed by atoms with Crippen LogP contribution in [0.15, 0.2) is 10.9 Å². The highest BCUT2D eigenvalue weighted by atomic mass is 16.2. The molecule has 7 heteroatoms. The number of carbonyl (C=O) groups is 1. The molecule has 21 heavy (non-hydrogen) atoms. The summed E-state index contributed by atoms with van der Waals surface area (Å²) < 4.78 is 1.53. The van der Waals surface area contributed by atoms with Crippen molar-refractivity contribution in [3.8, 4) is 0 Å². The van der Waals surface area contributed by atoms with Crippen molar-refractivity contribution in [2.75, 3.05) is 6.54 Å². The molecule has 7 nitrogen and oxygen atoms in total. The zero-order chi connectivity index (χ0) is 15.1. The van der Waals surface area contributed by atoms with Gasteiger partial charge in [-0.05, 0) is 31.7 Å². The van der Waals surface area contributed by atoms with Crippen LogP contribution in [0.1, 0.15) is 28.9 Å². The second kappa shape index (κ2) is 5.00. The van der Waals surface area contributed by atoms with Crippen molar-refractivity contribution in [2.45, 2.75) is 25.8 Å². The molecule has 0 saturated heterocycles. The Morgan fingerprint density at radius 2 is 2.33 bits per heavy atom. The summed E-state index contributed by atoms with van der Waals surface area (Å²) in [5.74, 6) is 0.239.